The molecular formula is C18H15N3. The maximum absolute atomic E-state index is 4.38. The molecule has 0 amide bonds. The molecule has 2 unspecified atom stereocenters. The number of benzene rings is 3. The van der Waals surface area contributed by atoms with Crippen molar-refractivity contribution in [3.63, 3.8) is 0 Å². The standard InChI is InChI=1S/C18H15N3/c1-2-7-14(8-3-1)17-19-18(21-20-17)16-11-10-13-6-4-5-9-15(13)12-16/h1-12,17-19H. The van der Waals surface area contributed by atoms with Crippen molar-refractivity contribution in [1.82, 2.24) is 5.32 Å². The van der Waals surface area contributed by atoms with Gasteiger partial charge in [-0.3, -0.25) is 5.32 Å². The van der Waals surface area contributed by atoms with Crippen LogP contribution in [0.25, 0.3) is 10.8 Å². The number of nitrogens with one attached hydrogen (secondary N) is 1. The molecule has 0 spiro atoms. The number of azo groups is 1. The molecule has 4 rings (SSSR count). The fourth-order valence-corrected chi connectivity index (χ4v) is 2.69. The monoisotopic (exact) mass is 273 g/mol. The van der Waals surface area contributed by atoms with E-state index in [1.807, 2.05) is 18.2 Å². The highest BCUT2D eigenvalue weighted by molar-refractivity contribution is 5.83. The average molecular weight is 273 g/mol. The van der Waals surface area contributed by atoms with Crippen molar-refractivity contribution in [1.29, 1.82) is 0 Å². The largest absolute Gasteiger partial charge is 0.263 e. The lowest BCUT2D eigenvalue weighted by molar-refractivity contribution is 0.552. The summed E-state index contributed by atoms with van der Waals surface area (Å²) in [5, 5.41) is 14.7. The molecule has 3 heteroatoms. The van der Waals surface area contributed by atoms with Gasteiger partial charge in [-0.2, -0.15) is 10.2 Å². The maximum atomic E-state index is 4.38. The van der Waals surface area contributed by atoms with Crippen LogP contribution in [0.1, 0.15) is 23.5 Å². The average Bonchev–Trinajstić information content (AvgIpc) is 3.05. The summed E-state index contributed by atoms with van der Waals surface area (Å²) in [6.07, 6.45) is -0.123. The number of hydrogen-bond acceptors (Lipinski definition) is 3. The Morgan fingerprint density at radius 2 is 1.29 bits per heavy atom. The van der Waals surface area contributed by atoms with Crippen LogP contribution in [0.2, 0.25) is 0 Å². The van der Waals surface area contributed by atoms with Crippen molar-refractivity contribution in [3.05, 3.63) is 83.9 Å². The van der Waals surface area contributed by atoms with Crippen molar-refractivity contribution in [2.75, 3.05) is 0 Å². The fraction of sp³-hybridized carbons (Fsp3) is 0.111. The van der Waals surface area contributed by atoms with E-state index in [4.69, 9.17) is 0 Å². The quantitative estimate of drug-likeness (QED) is 0.728. The number of nitrogens with zero attached hydrogens (tertiary/aromatic N) is 2. The van der Waals surface area contributed by atoms with Crippen LogP contribution in [0.3, 0.4) is 0 Å². The molecule has 102 valence electrons. The third-order valence-corrected chi connectivity index (χ3v) is 3.82. The smallest absolute Gasteiger partial charge is 0.148 e. The van der Waals surface area contributed by atoms with Crippen molar-refractivity contribution >= 4 is 10.8 Å². The first-order valence-corrected chi connectivity index (χ1v) is 7.10. The molecule has 1 N–H and O–H groups in total. The predicted octanol–water partition coefficient (Wildman–Crippen LogP) is 4.59. The summed E-state index contributed by atoms with van der Waals surface area (Å²) in [5.41, 5.74) is 2.29. The van der Waals surface area contributed by atoms with Gasteiger partial charge in [0.15, 0.2) is 0 Å². The van der Waals surface area contributed by atoms with Crippen molar-refractivity contribution in [3.8, 4) is 0 Å². The van der Waals surface area contributed by atoms with Gasteiger partial charge >= 0.3 is 0 Å². The van der Waals surface area contributed by atoms with Gasteiger partial charge in [0.25, 0.3) is 0 Å². The van der Waals surface area contributed by atoms with E-state index in [1.54, 1.807) is 0 Å². The second-order valence-corrected chi connectivity index (χ2v) is 5.22. The molecular weight excluding hydrogens is 258 g/mol. The summed E-state index contributed by atoms with van der Waals surface area (Å²) >= 11 is 0. The van der Waals surface area contributed by atoms with Crippen LogP contribution in [0.15, 0.2) is 83.0 Å². The molecule has 1 aliphatic heterocycles. The van der Waals surface area contributed by atoms with Crippen LogP contribution in [-0.2, 0) is 0 Å². The zero-order valence-electron chi connectivity index (χ0n) is 11.5. The fourth-order valence-electron chi connectivity index (χ4n) is 2.69. The summed E-state index contributed by atoms with van der Waals surface area (Å²) < 4.78 is 0. The summed E-state index contributed by atoms with van der Waals surface area (Å²) in [6.45, 7) is 0. The Bertz CT molecular complexity index is 796. The van der Waals surface area contributed by atoms with Crippen LogP contribution in [0.4, 0.5) is 0 Å². The Morgan fingerprint density at radius 3 is 2.10 bits per heavy atom. The molecule has 3 aromatic carbocycles. The first-order chi connectivity index (χ1) is 10.4. The van der Waals surface area contributed by atoms with Gasteiger partial charge in [-0.1, -0.05) is 66.7 Å². The molecule has 0 radical (unpaired) electrons. The summed E-state index contributed by atoms with van der Waals surface area (Å²) in [7, 11) is 0. The van der Waals surface area contributed by atoms with Crippen molar-refractivity contribution in [2.24, 2.45) is 10.2 Å². The van der Waals surface area contributed by atoms with Gasteiger partial charge in [-0.15, -0.1) is 0 Å². The molecule has 0 fully saturated rings. The molecule has 1 aliphatic rings. The SMILES string of the molecule is c1ccc(C2N=NC(c3ccc4ccccc4c3)N2)cc1. The van der Waals surface area contributed by atoms with E-state index >= 15 is 0 Å². The van der Waals surface area contributed by atoms with E-state index in [2.05, 4.69) is 70.1 Å². The van der Waals surface area contributed by atoms with Gasteiger partial charge in [0.1, 0.15) is 12.3 Å². The minimum atomic E-state index is -0.0696. The zero-order chi connectivity index (χ0) is 14.1. The molecule has 0 bridgehead atoms. The number of rotatable bonds is 2. The first kappa shape index (κ1) is 12.2. The molecule has 0 saturated heterocycles. The Labute approximate surface area is 123 Å². The van der Waals surface area contributed by atoms with E-state index < -0.39 is 0 Å². The van der Waals surface area contributed by atoms with Crippen molar-refractivity contribution in [2.45, 2.75) is 12.3 Å². The van der Waals surface area contributed by atoms with Crippen LogP contribution in [0.5, 0.6) is 0 Å². The van der Waals surface area contributed by atoms with E-state index in [-0.39, 0.29) is 12.3 Å². The van der Waals surface area contributed by atoms with E-state index in [9.17, 15) is 0 Å². The Hall–Kier alpha value is -2.52. The molecule has 0 aromatic heterocycles. The second kappa shape index (κ2) is 5.11. The van der Waals surface area contributed by atoms with Crippen LogP contribution in [0, 0.1) is 0 Å². The van der Waals surface area contributed by atoms with Gasteiger partial charge < -0.3 is 0 Å². The van der Waals surface area contributed by atoms with E-state index in [0.717, 1.165) is 11.1 Å². The van der Waals surface area contributed by atoms with Crippen LogP contribution < -0.4 is 5.32 Å². The van der Waals surface area contributed by atoms with Crippen molar-refractivity contribution < 1.29 is 0 Å². The van der Waals surface area contributed by atoms with Gasteiger partial charge in [0, 0.05) is 0 Å². The van der Waals surface area contributed by atoms with E-state index in [1.165, 1.54) is 10.8 Å². The lowest BCUT2D eigenvalue weighted by Gasteiger charge is -2.12. The molecule has 0 saturated carbocycles. The topological polar surface area (TPSA) is 36.8 Å². The summed E-state index contributed by atoms with van der Waals surface area (Å²) in [6, 6.07) is 25.0. The Balaban J connectivity index is 1.61. The zero-order valence-corrected chi connectivity index (χ0v) is 11.5. The molecule has 3 nitrogen and oxygen atoms in total. The van der Waals surface area contributed by atoms with Gasteiger partial charge in [-0.05, 0) is 28.0 Å². The third kappa shape index (κ3) is 2.32. The normalized spacial score (nSPS) is 21.0. The minimum Gasteiger partial charge on any atom is -0.263 e. The third-order valence-electron chi connectivity index (χ3n) is 3.82. The predicted molar refractivity (Wildman–Crippen MR) is 83.9 cm³/mol. The van der Waals surface area contributed by atoms with Gasteiger partial charge in [-0.25, -0.2) is 0 Å². The number of fused-ring (bicyclic) bond motifs is 1. The molecule has 0 aliphatic carbocycles. The van der Waals surface area contributed by atoms with E-state index in [0.29, 0.717) is 0 Å². The van der Waals surface area contributed by atoms with Gasteiger partial charge in [0.05, 0.1) is 0 Å². The maximum Gasteiger partial charge on any atom is 0.148 e. The molecule has 2 atom stereocenters. The summed E-state index contributed by atoms with van der Waals surface area (Å²) in [5.74, 6) is 0. The molecule has 1 heterocycles. The lowest BCUT2D eigenvalue weighted by Crippen LogP contribution is -2.18. The summed E-state index contributed by atoms with van der Waals surface area (Å²) in [4.78, 5) is 0. The number of hydrogen-bond donors (Lipinski definition) is 1. The molecule has 3 aromatic rings. The highest BCUT2D eigenvalue weighted by Gasteiger charge is 2.23. The second-order valence-electron chi connectivity index (χ2n) is 5.22. The first-order valence-electron chi connectivity index (χ1n) is 7.10. The van der Waals surface area contributed by atoms with Crippen LogP contribution in [-0.4, -0.2) is 0 Å². The highest BCUT2D eigenvalue weighted by atomic mass is 15.4. The van der Waals surface area contributed by atoms with Gasteiger partial charge in [0.2, 0.25) is 0 Å². The minimum absolute atomic E-state index is 0.0531. The Morgan fingerprint density at radius 1 is 0.619 bits per heavy atom. The molecule has 21 heavy (non-hydrogen) atoms. The Kier molecular flexibility index (Phi) is 2.98. The highest BCUT2D eigenvalue weighted by Crippen LogP contribution is 2.30. The lowest BCUT2D eigenvalue weighted by atomic mass is 10.1. The van der Waals surface area contributed by atoms with Crippen LogP contribution >= 0.6 is 0 Å².